The van der Waals surface area contributed by atoms with Gasteiger partial charge in [0.25, 0.3) is 5.91 Å². The van der Waals surface area contributed by atoms with Crippen molar-refractivity contribution in [3.05, 3.63) is 42.5 Å². The second kappa shape index (κ2) is 5.20. The molecule has 0 aliphatic heterocycles. The van der Waals surface area contributed by atoms with Crippen molar-refractivity contribution in [1.29, 1.82) is 0 Å². The highest BCUT2D eigenvalue weighted by Gasteiger charge is 2.06. The second-order valence-corrected chi connectivity index (χ2v) is 3.63. The van der Waals surface area contributed by atoms with E-state index in [0.717, 1.165) is 5.69 Å². The molecule has 0 saturated heterocycles. The minimum atomic E-state index is -0.214. The molecular formula is C11H13N5O. The molecule has 6 nitrogen and oxygen atoms in total. The van der Waals surface area contributed by atoms with Crippen molar-refractivity contribution in [1.82, 2.24) is 24.8 Å². The highest BCUT2D eigenvalue weighted by molar-refractivity contribution is 5.91. The van der Waals surface area contributed by atoms with Crippen LogP contribution in [-0.4, -0.2) is 32.0 Å². The molecular weight excluding hydrogens is 218 g/mol. The monoisotopic (exact) mass is 231 g/mol. The number of hydrogen-bond acceptors (Lipinski definition) is 4. The van der Waals surface area contributed by atoms with E-state index < -0.39 is 0 Å². The van der Waals surface area contributed by atoms with Crippen molar-refractivity contribution in [2.75, 3.05) is 6.54 Å². The lowest BCUT2D eigenvalue weighted by molar-refractivity contribution is 0.0948. The minimum absolute atomic E-state index is 0.214. The standard InChI is InChI=1S/C11H13N5O/c1-16-7-9(15-8-16)2-3-14-11(17)10-6-12-4-5-13-10/h4-8H,2-3H2,1H3,(H,14,17). The molecule has 0 radical (unpaired) electrons. The average Bonchev–Trinajstić information content (AvgIpc) is 2.76. The van der Waals surface area contributed by atoms with E-state index in [1.165, 1.54) is 18.6 Å². The highest BCUT2D eigenvalue weighted by atomic mass is 16.1. The summed E-state index contributed by atoms with van der Waals surface area (Å²) in [5.41, 5.74) is 1.28. The Hall–Kier alpha value is -2.24. The predicted molar refractivity (Wildman–Crippen MR) is 61.3 cm³/mol. The van der Waals surface area contributed by atoms with Gasteiger partial charge < -0.3 is 9.88 Å². The lowest BCUT2D eigenvalue weighted by atomic mass is 10.3. The molecule has 0 bridgehead atoms. The summed E-state index contributed by atoms with van der Waals surface area (Å²) in [5.74, 6) is -0.214. The molecule has 0 spiro atoms. The maximum Gasteiger partial charge on any atom is 0.271 e. The first-order chi connectivity index (χ1) is 8.25. The number of aromatic nitrogens is 4. The van der Waals surface area contributed by atoms with Gasteiger partial charge in [-0.15, -0.1) is 0 Å². The average molecular weight is 231 g/mol. The molecule has 88 valence electrons. The van der Waals surface area contributed by atoms with Gasteiger partial charge in [0.1, 0.15) is 5.69 Å². The largest absolute Gasteiger partial charge is 0.350 e. The van der Waals surface area contributed by atoms with E-state index in [0.29, 0.717) is 18.7 Å². The molecule has 0 fully saturated rings. The lowest BCUT2D eigenvalue weighted by Gasteiger charge is -2.02. The zero-order chi connectivity index (χ0) is 12.1. The Bertz CT molecular complexity index is 494. The molecule has 2 rings (SSSR count). The van der Waals surface area contributed by atoms with Gasteiger partial charge in [0.05, 0.1) is 18.2 Å². The van der Waals surface area contributed by atoms with Crippen molar-refractivity contribution < 1.29 is 4.79 Å². The number of rotatable bonds is 4. The first-order valence-electron chi connectivity index (χ1n) is 5.27. The third-order valence-electron chi connectivity index (χ3n) is 2.22. The van der Waals surface area contributed by atoms with Crippen LogP contribution >= 0.6 is 0 Å². The number of aryl methyl sites for hydroxylation is 1. The molecule has 6 heteroatoms. The lowest BCUT2D eigenvalue weighted by Crippen LogP contribution is -2.26. The number of carbonyl (C=O) groups excluding carboxylic acids is 1. The molecule has 0 aliphatic rings. The third-order valence-corrected chi connectivity index (χ3v) is 2.22. The number of nitrogens with zero attached hydrogens (tertiary/aromatic N) is 4. The van der Waals surface area contributed by atoms with Gasteiger partial charge in [-0.25, -0.2) is 9.97 Å². The molecule has 0 unspecified atom stereocenters. The van der Waals surface area contributed by atoms with E-state index >= 15 is 0 Å². The van der Waals surface area contributed by atoms with Crippen molar-refractivity contribution in [3.8, 4) is 0 Å². The van der Waals surface area contributed by atoms with Crippen LogP contribution in [0.3, 0.4) is 0 Å². The molecule has 17 heavy (non-hydrogen) atoms. The second-order valence-electron chi connectivity index (χ2n) is 3.63. The topological polar surface area (TPSA) is 72.7 Å². The summed E-state index contributed by atoms with van der Waals surface area (Å²) in [6.45, 7) is 0.534. The number of imidazole rings is 1. The van der Waals surface area contributed by atoms with Gasteiger partial charge in [-0.3, -0.25) is 9.78 Å². The Kier molecular flexibility index (Phi) is 3.44. The number of hydrogen-bond donors (Lipinski definition) is 1. The Morgan fingerprint density at radius 2 is 2.29 bits per heavy atom. The third kappa shape index (κ3) is 3.10. The van der Waals surface area contributed by atoms with Crippen LogP contribution in [0, 0.1) is 0 Å². The van der Waals surface area contributed by atoms with Gasteiger partial charge in [-0.1, -0.05) is 0 Å². The Morgan fingerprint density at radius 1 is 1.41 bits per heavy atom. The summed E-state index contributed by atoms with van der Waals surface area (Å²) in [4.78, 5) is 23.5. The normalized spacial score (nSPS) is 10.2. The van der Waals surface area contributed by atoms with Crippen LogP contribution in [0.15, 0.2) is 31.1 Å². The quantitative estimate of drug-likeness (QED) is 0.814. The molecule has 0 aromatic carbocycles. The van der Waals surface area contributed by atoms with Crippen LogP contribution in [0.1, 0.15) is 16.2 Å². The number of amides is 1. The van der Waals surface area contributed by atoms with E-state index in [1.54, 1.807) is 6.33 Å². The van der Waals surface area contributed by atoms with Crippen LogP contribution < -0.4 is 5.32 Å². The fourth-order valence-electron chi connectivity index (χ4n) is 1.41. The summed E-state index contributed by atoms with van der Waals surface area (Å²) in [6, 6.07) is 0. The van der Waals surface area contributed by atoms with E-state index in [-0.39, 0.29) is 5.91 Å². The van der Waals surface area contributed by atoms with Crippen LogP contribution in [-0.2, 0) is 13.5 Å². The molecule has 1 amide bonds. The van der Waals surface area contributed by atoms with Crippen LogP contribution in [0.25, 0.3) is 0 Å². The summed E-state index contributed by atoms with van der Waals surface area (Å²) in [6.07, 6.45) is 8.83. The molecule has 2 heterocycles. The Labute approximate surface area is 98.7 Å². The van der Waals surface area contributed by atoms with Crippen molar-refractivity contribution >= 4 is 5.91 Å². The van der Waals surface area contributed by atoms with Gasteiger partial charge in [-0.2, -0.15) is 0 Å². The molecule has 0 saturated carbocycles. The smallest absolute Gasteiger partial charge is 0.271 e. The van der Waals surface area contributed by atoms with Crippen LogP contribution in [0.5, 0.6) is 0 Å². The van der Waals surface area contributed by atoms with E-state index in [1.807, 2.05) is 17.8 Å². The molecule has 1 N–H and O–H groups in total. The Balaban J connectivity index is 1.81. The Morgan fingerprint density at radius 3 is 2.94 bits per heavy atom. The van der Waals surface area contributed by atoms with Gasteiger partial charge in [0, 0.05) is 38.6 Å². The fourth-order valence-corrected chi connectivity index (χ4v) is 1.41. The van der Waals surface area contributed by atoms with Crippen molar-refractivity contribution in [2.24, 2.45) is 7.05 Å². The SMILES string of the molecule is Cn1cnc(CCNC(=O)c2cnccn2)c1. The first kappa shape index (κ1) is 11.3. The number of carbonyl (C=O) groups is 1. The van der Waals surface area contributed by atoms with Crippen LogP contribution in [0.2, 0.25) is 0 Å². The summed E-state index contributed by atoms with van der Waals surface area (Å²) < 4.78 is 1.87. The molecule has 0 atom stereocenters. The van der Waals surface area contributed by atoms with E-state index in [4.69, 9.17) is 0 Å². The molecule has 2 aromatic heterocycles. The molecule has 2 aromatic rings. The summed E-state index contributed by atoms with van der Waals surface area (Å²) in [7, 11) is 1.91. The fraction of sp³-hybridized carbons (Fsp3) is 0.273. The van der Waals surface area contributed by atoms with Gasteiger partial charge >= 0.3 is 0 Å². The minimum Gasteiger partial charge on any atom is -0.350 e. The zero-order valence-electron chi connectivity index (χ0n) is 9.50. The van der Waals surface area contributed by atoms with E-state index in [9.17, 15) is 4.79 Å². The maximum atomic E-state index is 11.6. The van der Waals surface area contributed by atoms with Crippen LogP contribution in [0.4, 0.5) is 0 Å². The van der Waals surface area contributed by atoms with Gasteiger partial charge in [0.2, 0.25) is 0 Å². The van der Waals surface area contributed by atoms with Gasteiger partial charge in [0.15, 0.2) is 0 Å². The maximum absolute atomic E-state index is 11.6. The van der Waals surface area contributed by atoms with Crippen molar-refractivity contribution in [2.45, 2.75) is 6.42 Å². The summed E-state index contributed by atoms with van der Waals surface area (Å²) >= 11 is 0. The molecule has 0 aliphatic carbocycles. The number of nitrogens with one attached hydrogen (secondary N) is 1. The van der Waals surface area contributed by atoms with E-state index in [2.05, 4.69) is 20.3 Å². The predicted octanol–water partition coefficient (Wildman–Crippen LogP) is 0.183. The zero-order valence-corrected chi connectivity index (χ0v) is 9.50. The highest BCUT2D eigenvalue weighted by Crippen LogP contribution is 1.95. The van der Waals surface area contributed by atoms with Crippen molar-refractivity contribution in [3.63, 3.8) is 0 Å². The first-order valence-corrected chi connectivity index (χ1v) is 5.27. The summed E-state index contributed by atoms with van der Waals surface area (Å²) in [5, 5.41) is 2.77. The van der Waals surface area contributed by atoms with Gasteiger partial charge in [-0.05, 0) is 0 Å².